The second-order valence-electron chi connectivity index (χ2n) is 6.03. The molecule has 0 fully saturated rings. The lowest BCUT2D eigenvalue weighted by Crippen LogP contribution is -2.16. The van der Waals surface area contributed by atoms with E-state index in [1.165, 1.54) is 36.4 Å². The van der Waals surface area contributed by atoms with E-state index in [0.717, 1.165) is 0 Å². The van der Waals surface area contributed by atoms with E-state index in [4.69, 9.17) is 5.14 Å². The van der Waals surface area contributed by atoms with Crippen molar-refractivity contribution in [3.63, 3.8) is 0 Å². The molecule has 0 saturated carbocycles. The molecule has 0 bridgehead atoms. The van der Waals surface area contributed by atoms with Crippen molar-refractivity contribution in [2.75, 3.05) is 5.32 Å². The topological polar surface area (TPSA) is 123 Å². The Morgan fingerprint density at radius 3 is 1.88 bits per heavy atom. The van der Waals surface area contributed by atoms with Gasteiger partial charge in [0.25, 0.3) is 0 Å². The predicted molar refractivity (Wildman–Crippen MR) is 98.9 cm³/mol. The Morgan fingerprint density at radius 1 is 0.923 bits per heavy atom. The van der Waals surface area contributed by atoms with Crippen LogP contribution in [0.15, 0.2) is 58.3 Å². The molecule has 0 heterocycles. The molecule has 9 heteroatoms. The Kier molecular flexibility index (Phi) is 5.84. The maximum atomic E-state index is 12.1. The summed E-state index contributed by atoms with van der Waals surface area (Å²) in [5, 5.41) is 7.14. The van der Waals surface area contributed by atoms with Gasteiger partial charge in [0.2, 0.25) is 15.9 Å². The Morgan fingerprint density at radius 2 is 1.42 bits per heavy atom. The monoisotopic (exact) mass is 396 g/mol. The van der Waals surface area contributed by atoms with Gasteiger partial charge in [0, 0.05) is 5.69 Å². The highest BCUT2D eigenvalue weighted by Gasteiger charge is 2.18. The molecule has 0 saturated heterocycles. The number of benzene rings is 2. The second-order valence-corrected chi connectivity index (χ2v) is 10.1. The Labute approximate surface area is 153 Å². The van der Waals surface area contributed by atoms with Crippen LogP contribution < -0.4 is 10.5 Å². The van der Waals surface area contributed by atoms with E-state index in [0.29, 0.717) is 11.3 Å². The molecule has 2 aromatic rings. The number of amides is 1. The number of anilines is 1. The summed E-state index contributed by atoms with van der Waals surface area (Å²) in [6.07, 6.45) is 0.0545. The number of nitrogens with one attached hydrogen (secondary N) is 1. The number of carbonyl (C=O) groups is 1. The molecule has 2 rings (SSSR count). The van der Waals surface area contributed by atoms with Crippen molar-refractivity contribution in [2.45, 2.75) is 35.3 Å². The molecule has 0 atom stereocenters. The fraction of sp³-hybridized carbons (Fsp3) is 0.235. The zero-order valence-corrected chi connectivity index (χ0v) is 16.0. The van der Waals surface area contributed by atoms with Gasteiger partial charge in [-0.25, -0.2) is 22.0 Å². The molecular formula is C17H20N2O5S2. The second kappa shape index (κ2) is 7.56. The minimum Gasteiger partial charge on any atom is -0.326 e. The number of sulfone groups is 1. The van der Waals surface area contributed by atoms with Gasteiger partial charge in [-0.05, 0) is 55.8 Å². The van der Waals surface area contributed by atoms with Crippen LogP contribution in [0, 0.1) is 0 Å². The lowest BCUT2D eigenvalue weighted by atomic mass is 10.1. The molecule has 0 spiro atoms. The first-order valence-corrected chi connectivity index (χ1v) is 10.8. The summed E-state index contributed by atoms with van der Waals surface area (Å²) in [6, 6.07) is 11.6. The van der Waals surface area contributed by atoms with Crippen molar-refractivity contribution in [3.8, 4) is 0 Å². The zero-order chi connectivity index (χ0) is 19.5. The van der Waals surface area contributed by atoms with Crippen LogP contribution in [0.2, 0.25) is 0 Å². The molecule has 0 aliphatic rings. The zero-order valence-electron chi connectivity index (χ0n) is 14.3. The van der Waals surface area contributed by atoms with Crippen molar-refractivity contribution in [3.05, 3.63) is 54.1 Å². The molecule has 26 heavy (non-hydrogen) atoms. The highest BCUT2D eigenvalue weighted by atomic mass is 32.2. The SMILES string of the molecule is CC(C)S(=O)(=O)c1ccc(CC(=O)Nc2ccc(S(N)(=O)=O)cc2)cc1. The number of sulfonamides is 1. The van der Waals surface area contributed by atoms with Gasteiger partial charge in [0.15, 0.2) is 9.84 Å². The van der Waals surface area contributed by atoms with Gasteiger partial charge in [-0.3, -0.25) is 4.79 Å². The summed E-state index contributed by atoms with van der Waals surface area (Å²) in [5.74, 6) is -0.312. The molecule has 0 unspecified atom stereocenters. The summed E-state index contributed by atoms with van der Waals surface area (Å²) in [7, 11) is -7.13. The van der Waals surface area contributed by atoms with Gasteiger partial charge in [-0.1, -0.05) is 12.1 Å². The summed E-state index contributed by atoms with van der Waals surface area (Å²) in [5.41, 5.74) is 1.09. The van der Waals surface area contributed by atoms with Crippen molar-refractivity contribution >= 4 is 31.5 Å². The minimum absolute atomic E-state index is 0.0440. The van der Waals surface area contributed by atoms with Gasteiger partial charge in [0.05, 0.1) is 21.5 Å². The molecule has 0 radical (unpaired) electrons. The van der Waals surface area contributed by atoms with Gasteiger partial charge >= 0.3 is 0 Å². The van der Waals surface area contributed by atoms with E-state index in [1.807, 2.05) is 0 Å². The van der Waals surface area contributed by atoms with E-state index in [-0.39, 0.29) is 22.1 Å². The average molecular weight is 396 g/mol. The maximum absolute atomic E-state index is 12.1. The van der Waals surface area contributed by atoms with E-state index >= 15 is 0 Å². The molecule has 7 nitrogen and oxygen atoms in total. The standard InChI is InChI=1S/C17H20N2O5S2/c1-12(2)25(21,22)15-7-3-13(4-8-15)11-17(20)19-14-5-9-16(10-6-14)26(18,23)24/h3-10,12H,11H2,1-2H3,(H,19,20)(H2,18,23,24). The quantitative estimate of drug-likeness (QED) is 0.769. The lowest BCUT2D eigenvalue weighted by Gasteiger charge is -2.09. The van der Waals surface area contributed by atoms with Crippen LogP contribution >= 0.6 is 0 Å². The Hall–Kier alpha value is -2.23. The van der Waals surface area contributed by atoms with E-state index in [9.17, 15) is 21.6 Å². The largest absolute Gasteiger partial charge is 0.326 e. The first-order valence-electron chi connectivity index (χ1n) is 7.75. The molecule has 2 aromatic carbocycles. The summed E-state index contributed by atoms with van der Waals surface area (Å²) in [4.78, 5) is 12.3. The van der Waals surface area contributed by atoms with E-state index < -0.39 is 25.1 Å². The first-order chi connectivity index (χ1) is 12.0. The molecule has 0 aliphatic heterocycles. The summed E-state index contributed by atoms with van der Waals surface area (Å²) < 4.78 is 46.5. The van der Waals surface area contributed by atoms with E-state index in [2.05, 4.69) is 5.32 Å². The molecule has 1 amide bonds. The third kappa shape index (κ3) is 4.90. The van der Waals surface area contributed by atoms with Gasteiger partial charge in [-0.2, -0.15) is 0 Å². The van der Waals surface area contributed by atoms with Crippen molar-refractivity contribution in [1.82, 2.24) is 0 Å². The normalized spacial score (nSPS) is 12.2. The van der Waals surface area contributed by atoms with Crippen molar-refractivity contribution in [2.24, 2.45) is 5.14 Å². The number of hydrogen-bond donors (Lipinski definition) is 2. The fourth-order valence-corrected chi connectivity index (χ4v) is 3.76. The Balaban J connectivity index is 2.04. The molecule has 140 valence electrons. The van der Waals surface area contributed by atoms with Gasteiger partial charge in [0.1, 0.15) is 0 Å². The van der Waals surface area contributed by atoms with Crippen LogP contribution in [0.25, 0.3) is 0 Å². The fourth-order valence-electron chi connectivity index (χ4n) is 2.19. The smallest absolute Gasteiger partial charge is 0.238 e. The van der Waals surface area contributed by atoms with Crippen LogP contribution in [0.5, 0.6) is 0 Å². The summed E-state index contributed by atoms with van der Waals surface area (Å²) in [6.45, 7) is 3.22. The lowest BCUT2D eigenvalue weighted by molar-refractivity contribution is -0.115. The molecular weight excluding hydrogens is 376 g/mol. The predicted octanol–water partition coefficient (Wildman–Crippen LogP) is 1.70. The number of carbonyl (C=O) groups excluding carboxylic acids is 1. The third-order valence-electron chi connectivity index (χ3n) is 3.70. The minimum atomic E-state index is -3.78. The van der Waals surface area contributed by atoms with Crippen LogP contribution in [0.3, 0.4) is 0 Å². The van der Waals surface area contributed by atoms with Gasteiger partial charge in [-0.15, -0.1) is 0 Å². The first kappa shape index (κ1) is 20.1. The van der Waals surface area contributed by atoms with Crippen molar-refractivity contribution < 1.29 is 21.6 Å². The average Bonchev–Trinajstić information content (AvgIpc) is 2.54. The number of primary sulfonamides is 1. The van der Waals surface area contributed by atoms with Gasteiger partial charge < -0.3 is 5.32 Å². The highest BCUT2D eigenvalue weighted by molar-refractivity contribution is 7.92. The van der Waals surface area contributed by atoms with Crippen molar-refractivity contribution in [1.29, 1.82) is 0 Å². The van der Waals surface area contributed by atoms with Crippen LogP contribution in [-0.4, -0.2) is 28.0 Å². The number of hydrogen-bond acceptors (Lipinski definition) is 5. The number of rotatable bonds is 6. The molecule has 0 aliphatic carbocycles. The van der Waals surface area contributed by atoms with Crippen LogP contribution in [0.1, 0.15) is 19.4 Å². The molecule has 0 aromatic heterocycles. The Bertz CT molecular complexity index is 994. The number of nitrogens with two attached hydrogens (primary N) is 1. The third-order valence-corrected chi connectivity index (χ3v) is 6.80. The maximum Gasteiger partial charge on any atom is 0.238 e. The molecule has 3 N–H and O–H groups in total. The summed E-state index contributed by atoms with van der Waals surface area (Å²) >= 11 is 0. The highest BCUT2D eigenvalue weighted by Crippen LogP contribution is 2.17. The van der Waals surface area contributed by atoms with Crippen LogP contribution in [0.4, 0.5) is 5.69 Å². The van der Waals surface area contributed by atoms with Crippen LogP contribution in [-0.2, 0) is 31.1 Å². The van der Waals surface area contributed by atoms with E-state index in [1.54, 1.807) is 26.0 Å².